The van der Waals surface area contributed by atoms with Gasteiger partial charge in [0.25, 0.3) is 0 Å². The number of thiophene rings is 1. The van der Waals surface area contributed by atoms with Crippen LogP contribution in [0.25, 0.3) is 11.3 Å². The second-order valence-electron chi connectivity index (χ2n) is 5.01. The zero-order valence-corrected chi connectivity index (χ0v) is 15.7. The molecule has 0 amide bonds. The SMILES string of the molecule is Cc1cc(Cl)ccc1Nc1nc(-c2cc(C(=O)S)sc2C)cs1. The van der Waals surface area contributed by atoms with E-state index in [1.165, 1.54) is 22.7 Å². The first-order valence-corrected chi connectivity index (χ1v) is 9.29. The van der Waals surface area contributed by atoms with Gasteiger partial charge in [-0.15, -0.1) is 22.7 Å². The lowest BCUT2D eigenvalue weighted by atomic mass is 10.2. The van der Waals surface area contributed by atoms with Gasteiger partial charge in [-0.25, -0.2) is 4.98 Å². The summed E-state index contributed by atoms with van der Waals surface area (Å²) in [6.07, 6.45) is 0. The van der Waals surface area contributed by atoms with Crippen molar-refractivity contribution in [3.8, 4) is 11.3 Å². The molecule has 0 saturated carbocycles. The highest BCUT2D eigenvalue weighted by atomic mass is 35.5. The molecular formula is C16H13ClN2OS3. The van der Waals surface area contributed by atoms with Gasteiger partial charge in [-0.2, -0.15) is 0 Å². The van der Waals surface area contributed by atoms with Crippen molar-refractivity contribution in [1.29, 1.82) is 0 Å². The first-order chi connectivity index (χ1) is 10.9. The highest BCUT2D eigenvalue weighted by Crippen LogP contribution is 2.34. The van der Waals surface area contributed by atoms with Gasteiger partial charge in [-0.1, -0.05) is 24.2 Å². The van der Waals surface area contributed by atoms with E-state index in [9.17, 15) is 4.79 Å². The standard InChI is InChI=1S/C16H13ClN2OS3/c1-8-5-10(17)3-4-12(8)18-16-19-13(7-22-16)11-6-14(15(20)21)23-9(11)2/h3-7H,1-2H3,(H,18,19)(H,20,21). The number of aromatic nitrogens is 1. The fraction of sp³-hybridized carbons (Fsp3) is 0.125. The molecule has 1 N–H and O–H groups in total. The van der Waals surface area contributed by atoms with E-state index < -0.39 is 0 Å². The first kappa shape index (κ1) is 16.5. The Kier molecular flexibility index (Phi) is 4.77. The number of halogens is 1. The fourth-order valence-corrected chi connectivity index (χ4v) is 4.20. The van der Waals surface area contributed by atoms with E-state index in [2.05, 4.69) is 22.9 Å². The summed E-state index contributed by atoms with van der Waals surface area (Å²) in [5.41, 5.74) is 3.87. The van der Waals surface area contributed by atoms with Crippen LogP contribution in [0.5, 0.6) is 0 Å². The number of anilines is 2. The third kappa shape index (κ3) is 3.61. The van der Waals surface area contributed by atoms with Crippen LogP contribution in [0.15, 0.2) is 29.6 Å². The van der Waals surface area contributed by atoms with Crippen molar-refractivity contribution < 1.29 is 4.79 Å². The summed E-state index contributed by atoms with van der Waals surface area (Å²) in [6.45, 7) is 3.98. The van der Waals surface area contributed by atoms with Crippen molar-refractivity contribution in [3.63, 3.8) is 0 Å². The van der Waals surface area contributed by atoms with Gasteiger partial charge >= 0.3 is 0 Å². The van der Waals surface area contributed by atoms with Gasteiger partial charge in [0.2, 0.25) is 5.12 Å². The van der Waals surface area contributed by atoms with E-state index in [1.807, 2.05) is 43.5 Å². The number of rotatable bonds is 4. The molecule has 2 aromatic heterocycles. The minimum Gasteiger partial charge on any atom is -0.331 e. The van der Waals surface area contributed by atoms with Crippen LogP contribution < -0.4 is 5.32 Å². The number of benzene rings is 1. The van der Waals surface area contributed by atoms with Crippen molar-refractivity contribution in [3.05, 3.63) is 50.0 Å². The molecular weight excluding hydrogens is 368 g/mol. The number of nitrogens with one attached hydrogen (secondary N) is 1. The highest BCUT2D eigenvalue weighted by molar-refractivity contribution is 7.97. The molecule has 3 aromatic rings. The lowest BCUT2D eigenvalue weighted by Crippen LogP contribution is -1.92. The minimum atomic E-state index is -0.213. The van der Waals surface area contributed by atoms with Crippen LogP contribution in [-0.4, -0.2) is 10.1 Å². The second-order valence-corrected chi connectivity index (χ2v) is 7.96. The monoisotopic (exact) mass is 380 g/mol. The smallest absolute Gasteiger partial charge is 0.226 e. The van der Waals surface area contributed by atoms with Gasteiger partial charge in [0.1, 0.15) is 0 Å². The van der Waals surface area contributed by atoms with Crippen molar-refractivity contribution >= 4 is 62.8 Å². The zero-order valence-electron chi connectivity index (χ0n) is 12.4. The van der Waals surface area contributed by atoms with Crippen molar-refractivity contribution in [2.45, 2.75) is 13.8 Å². The highest BCUT2D eigenvalue weighted by Gasteiger charge is 2.14. The maximum atomic E-state index is 11.4. The topological polar surface area (TPSA) is 42.0 Å². The predicted octanol–water partition coefficient (Wildman–Crippen LogP) is 5.96. The Hall–Kier alpha value is -1.34. The van der Waals surface area contributed by atoms with Crippen molar-refractivity contribution in [2.75, 3.05) is 5.32 Å². The molecule has 0 aliphatic carbocycles. The molecule has 0 bridgehead atoms. The summed E-state index contributed by atoms with van der Waals surface area (Å²) in [4.78, 5) is 17.7. The molecule has 7 heteroatoms. The average Bonchev–Trinajstić information content (AvgIpc) is 3.08. The van der Waals surface area contributed by atoms with Crippen molar-refractivity contribution in [1.82, 2.24) is 4.98 Å². The van der Waals surface area contributed by atoms with Crippen LogP contribution in [0.2, 0.25) is 5.02 Å². The Labute approximate surface area is 152 Å². The second kappa shape index (κ2) is 6.65. The summed E-state index contributed by atoms with van der Waals surface area (Å²) >= 11 is 12.8. The number of thiol groups is 1. The quantitative estimate of drug-likeness (QED) is 0.549. The predicted molar refractivity (Wildman–Crippen MR) is 103 cm³/mol. The van der Waals surface area contributed by atoms with Gasteiger partial charge in [-0.3, -0.25) is 4.79 Å². The third-order valence-corrected chi connectivity index (χ3v) is 5.77. The summed E-state index contributed by atoms with van der Waals surface area (Å²) in [7, 11) is 0. The normalized spacial score (nSPS) is 10.8. The molecule has 0 spiro atoms. The number of carbonyl (C=O) groups excluding carboxylic acids is 1. The van der Waals surface area contributed by atoms with E-state index in [-0.39, 0.29) is 5.12 Å². The Morgan fingerprint density at radius 2 is 2.09 bits per heavy atom. The van der Waals surface area contributed by atoms with Gasteiger partial charge in [0.15, 0.2) is 5.13 Å². The molecule has 1 aromatic carbocycles. The average molecular weight is 381 g/mol. The molecule has 3 nitrogen and oxygen atoms in total. The van der Waals surface area contributed by atoms with Gasteiger partial charge in [0.05, 0.1) is 10.6 Å². The fourth-order valence-electron chi connectivity index (χ4n) is 2.18. The van der Waals surface area contributed by atoms with Crippen molar-refractivity contribution in [2.24, 2.45) is 0 Å². The van der Waals surface area contributed by atoms with Crippen LogP contribution in [0.1, 0.15) is 20.1 Å². The Morgan fingerprint density at radius 3 is 2.74 bits per heavy atom. The lowest BCUT2D eigenvalue weighted by Gasteiger charge is -2.06. The van der Waals surface area contributed by atoms with Gasteiger partial charge < -0.3 is 5.32 Å². The van der Waals surface area contributed by atoms with E-state index in [4.69, 9.17) is 11.6 Å². The van der Waals surface area contributed by atoms with Crippen LogP contribution in [-0.2, 0) is 0 Å². The maximum absolute atomic E-state index is 11.4. The molecule has 0 unspecified atom stereocenters. The number of thiazole rings is 1. The summed E-state index contributed by atoms with van der Waals surface area (Å²) in [5, 5.41) is 6.59. The molecule has 2 heterocycles. The Balaban J connectivity index is 1.87. The van der Waals surface area contributed by atoms with Crippen LogP contribution in [0.4, 0.5) is 10.8 Å². The largest absolute Gasteiger partial charge is 0.331 e. The minimum absolute atomic E-state index is 0.213. The Bertz CT molecular complexity index is 885. The van der Waals surface area contributed by atoms with E-state index in [0.29, 0.717) is 9.90 Å². The number of hydrogen-bond donors (Lipinski definition) is 2. The molecule has 0 aliphatic heterocycles. The summed E-state index contributed by atoms with van der Waals surface area (Å²) in [6, 6.07) is 7.54. The van der Waals surface area contributed by atoms with Crippen LogP contribution in [0.3, 0.4) is 0 Å². The molecule has 3 rings (SSSR count). The molecule has 118 valence electrons. The molecule has 0 radical (unpaired) electrons. The van der Waals surface area contributed by atoms with Gasteiger partial charge in [0, 0.05) is 26.5 Å². The molecule has 0 aliphatic rings. The van der Waals surface area contributed by atoms with E-state index in [0.717, 1.165) is 32.5 Å². The van der Waals surface area contributed by atoms with Gasteiger partial charge in [-0.05, 0) is 43.7 Å². The molecule has 23 heavy (non-hydrogen) atoms. The number of carbonyl (C=O) groups is 1. The third-order valence-electron chi connectivity index (χ3n) is 3.34. The molecule has 0 fully saturated rings. The van der Waals surface area contributed by atoms with Crippen LogP contribution >= 0.6 is 46.9 Å². The number of aryl methyl sites for hydroxylation is 2. The lowest BCUT2D eigenvalue weighted by molar-refractivity contribution is 0.109. The maximum Gasteiger partial charge on any atom is 0.226 e. The van der Waals surface area contributed by atoms with E-state index in [1.54, 1.807) is 0 Å². The Morgan fingerprint density at radius 1 is 1.30 bits per heavy atom. The van der Waals surface area contributed by atoms with E-state index >= 15 is 0 Å². The zero-order chi connectivity index (χ0) is 16.6. The first-order valence-electron chi connectivity index (χ1n) is 6.77. The summed E-state index contributed by atoms with van der Waals surface area (Å²) < 4.78 is 0. The summed E-state index contributed by atoms with van der Waals surface area (Å²) in [5.74, 6) is 0. The van der Waals surface area contributed by atoms with Crippen LogP contribution in [0, 0.1) is 13.8 Å². The number of hydrogen-bond acceptors (Lipinski definition) is 5. The molecule has 0 saturated heterocycles. The molecule has 0 atom stereocenters. The number of nitrogens with zero attached hydrogens (tertiary/aromatic N) is 1.